The van der Waals surface area contributed by atoms with Gasteiger partial charge in [-0.15, -0.1) is 0 Å². The van der Waals surface area contributed by atoms with Crippen LogP contribution in [0, 0.1) is 11.8 Å². The summed E-state index contributed by atoms with van der Waals surface area (Å²) >= 11 is 0. The van der Waals surface area contributed by atoms with Gasteiger partial charge in [0.1, 0.15) is 11.5 Å². The van der Waals surface area contributed by atoms with Crippen molar-refractivity contribution in [3.8, 4) is 23.3 Å². The molecule has 2 heteroatoms. The van der Waals surface area contributed by atoms with Gasteiger partial charge >= 0.3 is 0 Å². The van der Waals surface area contributed by atoms with Crippen LogP contribution in [0.25, 0.3) is 5.57 Å². The van der Waals surface area contributed by atoms with E-state index in [1.807, 2.05) is 30.3 Å². The number of methoxy groups -OCH3 is 2. The molecule has 0 aliphatic carbocycles. The highest BCUT2D eigenvalue weighted by molar-refractivity contribution is 5.86. The van der Waals surface area contributed by atoms with Crippen molar-refractivity contribution in [1.29, 1.82) is 0 Å². The van der Waals surface area contributed by atoms with E-state index < -0.39 is 0 Å². The van der Waals surface area contributed by atoms with Gasteiger partial charge in [-0.25, -0.2) is 0 Å². The van der Waals surface area contributed by atoms with Gasteiger partial charge in [-0.05, 0) is 41.8 Å². The first-order valence-corrected chi connectivity index (χ1v) is 8.88. The minimum absolute atomic E-state index is 0.831. The predicted molar refractivity (Wildman–Crippen MR) is 110 cm³/mol. The number of ether oxygens (including phenoxy) is 2. The Morgan fingerprint density at radius 3 is 1.81 bits per heavy atom. The summed E-state index contributed by atoms with van der Waals surface area (Å²) in [6.45, 7) is 6.16. The zero-order valence-electron chi connectivity index (χ0n) is 15.8. The van der Waals surface area contributed by atoms with Crippen molar-refractivity contribution in [2.45, 2.75) is 26.2 Å². The quantitative estimate of drug-likeness (QED) is 0.354. The number of hydrogen-bond acceptors (Lipinski definition) is 2. The van der Waals surface area contributed by atoms with Crippen LogP contribution in [0.2, 0.25) is 0 Å². The first-order valence-electron chi connectivity index (χ1n) is 8.88. The third-order valence-corrected chi connectivity index (χ3v) is 4.11. The molecule has 0 amide bonds. The minimum atomic E-state index is 0.831. The molecule has 26 heavy (non-hydrogen) atoms. The van der Waals surface area contributed by atoms with Crippen LogP contribution in [0.5, 0.6) is 11.5 Å². The van der Waals surface area contributed by atoms with Crippen LogP contribution in [-0.4, -0.2) is 14.2 Å². The Bertz CT molecular complexity index is 751. The maximum Gasteiger partial charge on any atom is 0.118 e. The van der Waals surface area contributed by atoms with Crippen molar-refractivity contribution in [2.24, 2.45) is 0 Å². The van der Waals surface area contributed by atoms with Crippen LogP contribution in [0.1, 0.15) is 37.3 Å². The van der Waals surface area contributed by atoms with E-state index >= 15 is 0 Å². The number of rotatable bonds is 7. The standard InChI is InChI=1S/C24H26O2/c1-5-7-8-9-10-19(6-2)24(20-11-15-22(25-3)16-12-20)21-13-17-23(26-4)18-14-21/h6,11-18H,2,5,7-8H2,1,3-4H3. The van der Waals surface area contributed by atoms with Crippen LogP contribution in [0.4, 0.5) is 0 Å². The lowest BCUT2D eigenvalue weighted by Gasteiger charge is -2.12. The second kappa shape index (κ2) is 10.2. The molecular weight excluding hydrogens is 320 g/mol. The molecule has 0 aliphatic rings. The van der Waals surface area contributed by atoms with Crippen molar-refractivity contribution in [1.82, 2.24) is 0 Å². The lowest BCUT2D eigenvalue weighted by Crippen LogP contribution is -1.94. The highest BCUT2D eigenvalue weighted by Crippen LogP contribution is 2.30. The lowest BCUT2D eigenvalue weighted by molar-refractivity contribution is 0.414. The van der Waals surface area contributed by atoms with Gasteiger partial charge in [0.25, 0.3) is 0 Å². The number of hydrogen-bond donors (Lipinski definition) is 0. The monoisotopic (exact) mass is 346 g/mol. The van der Waals surface area contributed by atoms with Crippen molar-refractivity contribution in [3.63, 3.8) is 0 Å². The Morgan fingerprint density at radius 2 is 1.42 bits per heavy atom. The third kappa shape index (κ3) is 5.04. The van der Waals surface area contributed by atoms with Crippen molar-refractivity contribution >= 4 is 5.57 Å². The molecule has 2 nitrogen and oxygen atoms in total. The molecule has 0 saturated carbocycles. The molecule has 0 saturated heterocycles. The van der Waals surface area contributed by atoms with Gasteiger partial charge in [-0.3, -0.25) is 0 Å². The molecule has 2 aromatic carbocycles. The number of benzene rings is 2. The minimum Gasteiger partial charge on any atom is -0.497 e. The van der Waals surface area contributed by atoms with Crippen molar-refractivity contribution in [3.05, 3.63) is 77.9 Å². The smallest absolute Gasteiger partial charge is 0.118 e. The second-order valence-corrected chi connectivity index (χ2v) is 5.86. The molecule has 2 rings (SSSR count). The second-order valence-electron chi connectivity index (χ2n) is 5.86. The molecule has 0 aliphatic heterocycles. The Hall–Kier alpha value is -2.92. The van der Waals surface area contributed by atoms with E-state index in [-0.39, 0.29) is 0 Å². The molecule has 2 aromatic rings. The maximum atomic E-state index is 5.28. The average Bonchev–Trinajstić information content (AvgIpc) is 2.71. The molecule has 0 unspecified atom stereocenters. The maximum absolute atomic E-state index is 5.28. The van der Waals surface area contributed by atoms with E-state index in [0.29, 0.717) is 0 Å². The normalized spacial score (nSPS) is 9.65. The zero-order chi connectivity index (χ0) is 18.8. The first kappa shape index (κ1) is 19.4. The van der Waals surface area contributed by atoms with Gasteiger partial charge < -0.3 is 9.47 Å². The van der Waals surface area contributed by atoms with Gasteiger partial charge in [-0.1, -0.05) is 62.1 Å². The fourth-order valence-corrected chi connectivity index (χ4v) is 2.63. The number of unbranched alkanes of at least 4 members (excludes halogenated alkanes) is 2. The topological polar surface area (TPSA) is 18.5 Å². The molecule has 0 atom stereocenters. The van der Waals surface area contributed by atoms with Gasteiger partial charge in [0.15, 0.2) is 0 Å². The first-order chi connectivity index (χ1) is 12.7. The van der Waals surface area contributed by atoms with Crippen LogP contribution in [0.15, 0.2) is 66.8 Å². The van der Waals surface area contributed by atoms with E-state index in [1.54, 1.807) is 14.2 Å². The zero-order valence-corrected chi connectivity index (χ0v) is 15.8. The van der Waals surface area contributed by atoms with Gasteiger partial charge in [0.2, 0.25) is 0 Å². The number of allylic oxidation sites excluding steroid dienone is 2. The summed E-state index contributed by atoms with van der Waals surface area (Å²) in [6.07, 6.45) is 4.98. The SMILES string of the molecule is C=CC(C#CCCCC)=C(c1ccc(OC)cc1)c1ccc(OC)cc1. The predicted octanol–water partition coefficient (Wildman–Crippen LogP) is 5.89. The largest absolute Gasteiger partial charge is 0.497 e. The van der Waals surface area contributed by atoms with Crippen LogP contribution in [-0.2, 0) is 0 Å². The highest BCUT2D eigenvalue weighted by Gasteiger charge is 2.10. The molecule has 0 radical (unpaired) electrons. The Morgan fingerprint density at radius 1 is 0.923 bits per heavy atom. The third-order valence-electron chi connectivity index (χ3n) is 4.11. The summed E-state index contributed by atoms with van der Waals surface area (Å²) in [6, 6.07) is 16.1. The van der Waals surface area contributed by atoms with Crippen molar-refractivity contribution < 1.29 is 9.47 Å². The average molecular weight is 346 g/mol. The summed E-state index contributed by atoms with van der Waals surface area (Å²) in [5.41, 5.74) is 4.15. The highest BCUT2D eigenvalue weighted by atomic mass is 16.5. The summed E-state index contributed by atoms with van der Waals surface area (Å²) in [4.78, 5) is 0. The molecule has 0 aromatic heterocycles. The molecule has 134 valence electrons. The molecule has 0 fully saturated rings. The Kier molecular flexibility index (Phi) is 7.58. The summed E-state index contributed by atoms with van der Waals surface area (Å²) < 4.78 is 10.6. The molecule has 0 heterocycles. The van der Waals surface area contributed by atoms with E-state index in [2.05, 4.69) is 49.6 Å². The fourth-order valence-electron chi connectivity index (χ4n) is 2.63. The summed E-state index contributed by atoms with van der Waals surface area (Å²) in [7, 11) is 3.34. The molecule has 0 spiro atoms. The van der Waals surface area contributed by atoms with Crippen LogP contribution >= 0.6 is 0 Å². The Labute approximate surface area is 157 Å². The van der Waals surface area contributed by atoms with E-state index in [1.165, 1.54) is 0 Å². The van der Waals surface area contributed by atoms with E-state index in [9.17, 15) is 0 Å². The van der Waals surface area contributed by atoms with Crippen LogP contribution < -0.4 is 9.47 Å². The molecule has 0 bridgehead atoms. The van der Waals surface area contributed by atoms with Gasteiger partial charge in [0.05, 0.1) is 14.2 Å². The molecule has 0 N–H and O–H groups in total. The summed E-state index contributed by atoms with van der Waals surface area (Å²) in [5.74, 6) is 8.24. The Balaban J connectivity index is 2.55. The van der Waals surface area contributed by atoms with Gasteiger partial charge in [0, 0.05) is 17.6 Å². The van der Waals surface area contributed by atoms with E-state index in [0.717, 1.165) is 53.0 Å². The van der Waals surface area contributed by atoms with Gasteiger partial charge in [-0.2, -0.15) is 0 Å². The lowest BCUT2D eigenvalue weighted by atomic mass is 9.92. The fraction of sp³-hybridized carbons (Fsp3) is 0.250. The molecular formula is C24H26O2. The van der Waals surface area contributed by atoms with Crippen molar-refractivity contribution in [2.75, 3.05) is 14.2 Å². The van der Waals surface area contributed by atoms with Crippen LogP contribution in [0.3, 0.4) is 0 Å². The summed E-state index contributed by atoms with van der Waals surface area (Å²) in [5, 5.41) is 0. The van der Waals surface area contributed by atoms with E-state index in [4.69, 9.17) is 9.47 Å².